The molecule has 0 atom stereocenters. The maximum absolute atomic E-state index is 11.7. The van der Waals surface area contributed by atoms with Crippen molar-refractivity contribution >= 4 is 17.4 Å². The smallest absolute Gasteiger partial charge is 0.292 e. The number of amides is 1. The minimum Gasteiger partial charge on any atom is -0.507 e. The Morgan fingerprint density at radius 3 is 2.14 bits per heavy atom. The Bertz CT molecular complexity index is 648. The number of benzene rings is 2. The molecule has 0 aliphatic carbocycles. The molecule has 0 saturated heterocycles. The molecule has 2 N–H and O–H groups in total. The largest absolute Gasteiger partial charge is 0.507 e. The third-order valence-electron chi connectivity index (χ3n) is 2.86. The molecule has 0 aromatic heterocycles. The van der Waals surface area contributed by atoms with Crippen molar-refractivity contribution in [2.45, 2.75) is 6.54 Å². The van der Waals surface area contributed by atoms with Crippen LogP contribution in [0.3, 0.4) is 0 Å². The zero-order valence-electron chi connectivity index (χ0n) is 11.3. The number of aliphatic hydroxyl groups is 1. The summed E-state index contributed by atoms with van der Waals surface area (Å²) in [4.78, 5) is 23.4. The Morgan fingerprint density at radius 1 is 0.952 bits per heavy atom. The summed E-state index contributed by atoms with van der Waals surface area (Å²) in [6.07, 6.45) is 0.926. The summed E-state index contributed by atoms with van der Waals surface area (Å²) in [6, 6.07) is 17.8. The van der Waals surface area contributed by atoms with Gasteiger partial charge in [0.05, 0.1) is 0 Å². The van der Waals surface area contributed by atoms with Crippen molar-refractivity contribution in [1.82, 2.24) is 5.32 Å². The Balaban J connectivity index is 1.95. The second-order valence-electron chi connectivity index (χ2n) is 4.43. The number of hydrogen-bond donors (Lipinski definition) is 2. The molecule has 4 nitrogen and oxygen atoms in total. The van der Waals surface area contributed by atoms with E-state index in [1.165, 1.54) is 0 Å². The van der Waals surface area contributed by atoms with E-state index in [-0.39, 0.29) is 12.3 Å². The van der Waals surface area contributed by atoms with Crippen LogP contribution in [0.4, 0.5) is 0 Å². The molecule has 0 unspecified atom stereocenters. The Labute approximate surface area is 122 Å². The zero-order chi connectivity index (χ0) is 15.1. The summed E-state index contributed by atoms with van der Waals surface area (Å²) >= 11 is 0. The van der Waals surface area contributed by atoms with Crippen molar-refractivity contribution in [3.05, 3.63) is 77.9 Å². The van der Waals surface area contributed by atoms with Crippen LogP contribution in [0, 0.1) is 0 Å². The van der Waals surface area contributed by atoms with Crippen LogP contribution >= 0.6 is 0 Å². The molecule has 0 saturated carbocycles. The monoisotopic (exact) mass is 281 g/mol. The van der Waals surface area contributed by atoms with Gasteiger partial charge in [0.15, 0.2) is 0 Å². The van der Waals surface area contributed by atoms with E-state index in [0.29, 0.717) is 5.56 Å². The molecule has 2 rings (SSSR count). The van der Waals surface area contributed by atoms with Gasteiger partial charge in [0.25, 0.3) is 5.91 Å². The minimum atomic E-state index is -0.785. The first kappa shape index (κ1) is 14.5. The van der Waals surface area contributed by atoms with Gasteiger partial charge >= 0.3 is 0 Å². The summed E-state index contributed by atoms with van der Waals surface area (Å²) in [5, 5.41) is 12.3. The van der Waals surface area contributed by atoms with Crippen molar-refractivity contribution in [2.75, 3.05) is 0 Å². The van der Waals surface area contributed by atoms with Crippen LogP contribution in [0.25, 0.3) is 5.76 Å². The average Bonchev–Trinajstić information content (AvgIpc) is 2.54. The van der Waals surface area contributed by atoms with Gasteiger partial charge in [-0.2, -0.15) is 0 Å². The molecular formula is C17H15NO3. The minimum absolute atomic E-state index is 0.226. The molecule has 2 aromatic rings. The van der Waals surface area contributed by atoms with Crippen molar-refractivity contribution in [3.8, 4) is 0 Å². The van der Waals surface area contributed by atoms with Gasteiger partial charge < -0.3 is 10.4 Å². The zero-order valence-corrected chi connectivity index (χ0v) is 11.3. The number of ketones is 1. The van der Waals surface area contributed by atoms with Crippen LogP contribution in [0.2, 0.25) is 0 Å². The van der Waals surface area contributed by atoms with Gasteiger partial charge in [-0.1, -0.05) is 60.7 Å². The van der Waals surface area contributed by atoms with E-state index in [0.717, 1.165) is 11.6 Å². The third-order valence-corrected chi connectivity index (χ3v) is 2.86. The molecule has 2 aromatic carbocycles. The Kier molecular flexibility index (Phi) is 4.88. The molecular weight excluding hydrogens is 266 g/mol. The van der Waals surface area contributed by atoms with Gasteiger partial charge in [0.1, 0.15) is 5.76 Å². The van der Waals surface area contributed by atoms with Gasteiger partial charge in [-0.15, -0.1) is 0 Å². The molecule has 0 radical (unpaired) electrons. The average molecular weight is 281 g/mol. The second kappa shape index (κ2) is 7.05. The molecule has 0 aliphatic rings. The Hall–Kier alpha value is -2.88. The highest BCUT2D eigenvalue weighted by atomic mass is 16.3. The summed E-state index contributed by atoms with van der Waals surface area (Å²) in [5.41, 5.74) is 1.39. The van der Waals surface area contributed by atoms with Crippen LogP contribution in [0.5, 0.6) is 0 Å². The number of rotatable bonds is 5. The lowest BCUT2D eigenvalue weighted by Crippen LogP contribution is -2.29. The number of hydrogen-bond acceptors (Lipinski definition) is 3. The van der Waals surface area contributed by atoms with Gasteiger partial charge in [-0.25, -0.2) is 0 Å². The molecule has 4 heteroatoms. The van der Waals surface area contributed by atoms with Crippen molar-refractivity contribution in [2.24, 2.45) is 0 Å². The first-order valence-corrected chi connectivity index (χ1v) is 6.49. The number of carbonyl (C=O) groups excluding carboxylic acids is 2. The summed E-state index contributed by atoms with van der Waals surface area (Å²) < 4.78 is 0. The van der Waals surface area contributed by atoms with Gasteiger partial charge in [0.2, 0.25) is 5.78 Å². The lowest BCUT2D eigenvalue weighted by Gasteiger charge is -2.03. The van der Waals surface area contributed by atoms with E-state index < -0.39 is 11.7 Å². The molecule has 0 aliphatic heterocycles. The normalized spacial score (nSPS) is 11.0. The van der Waals surface area contributed by atoms with Gasteiger partial charge in [0, 0.05) is 18.2 Å². The maximum Gasteiger partial charge on any atom is 0.292 e. The summed E-state index contributed by atoms with van der Waals surface area (Å²) in [6.45, 7) is 0.269. The number of aliphatic hydroxyl groups excluding tert-OH is 1. The fraction of sp³-hybridized carbons (Fsp3) is 0.0588. The maximum atomic E-state index is 11.7. The lowest BCUT2D eigenvalue weighted by atomic mass is 10.1. The molecule has 106 valence electrons. The molecule has 0 fully saturated rings. The second-order valence-corrected chi connectivity index (χ2v) is 4.43. The predicted molar refractivity (Wildman–Crippen MR) is 80.3 cm³/mol. The van der Waals surface area contributed by atoms with Crippen LogP contribution in [-0.2, 0) is 16.1 Å². The highest BCUT2D eigenvalue weighted by molar-refractivity contribution is 6.41. The van der Waals surface area contributed by atoms with E-state index in [4.69, 9.17) is 0 Å². The first-order chi connectivity index (χ1) is 10.2. The fourth-order valence-corrected chi connectivity index (χ4v) is 1.75. The molecule has 0 bridgehead atoms. The van der Waals surface area contributed by atoms with Crippen molar-refractivity contribution in [1.29, 1.82) is 0 Å². The van der Waals surface area contributed by atoms with Gasteiger partial charge in [-0.05, 0) is 5.56 Å². The summed E-state index contributed by atoms with van der Waals surface area (Å²) in [5.74, 6) is -1.76. The highest BCUT2D eigenvalue weighted by Gasteiger charge is 2.12. The summed E-state index contributed by atoms with van der Waals surface area (Å²) in [7, 11) is 0. The van der Waals surface area contributed by atoms with Gasteiger partial charge in [-0.3, -0.25) is 9.59 Å². The molecule has 1 amide bonds. The SMILES string of the molecule is O=C(/C=C(\O)c1ccccc1)C(=O)NCc1ccccc1. The van der Waals surface area contributed by atoms with E-state index >= 15 is 0 Å². The standard InChI is InChI=1S/C17H15NO3/c19-15(14-9-5-2-6-10-14)11-16(20)17(21)18-12-13-7-3-1-4-8-13/h1-11,19H,12H2,(H,18,21)/b15-11-. The number of nitrogens with one attached hydrogen (secondary N) is 1. The topological polar surface area (TPSA) is 66.4 Å². The highest BCUT2D eigenvalue weighted by Crippen LogP contribution is 2.10. The quantitative estimate of drug-likeness (QED) is 0.502. The fourth-order valence-electron chi connectivity index (χ4n) is 1.75. The molecule has 0 heterocycles. The van der Waals surface area contributed by atoms with Crippen molar-refractivity contribution in [3.63, 3.8) is 0 Å². The lowest BCUT2D eigenvalue weighted by molar-refractivity contribution is -0.135. The van der Waals surface area contributed by atoms with Crippen LogP contribution in [0.15, 0.2) is 66.7 Å². The van der Waals surface area contributed by atoms with Crippen molar-refractivity contribution < 1.29 is 14.7 Å². The van der Waals surface area contributed by atoms with E-state index in [2.05, 4.69) is 5.32 Å². The van der Waals surface area contributed by atoms with E-state index in [9.17, 15) is 14.7 Å². The predicted octanol–water partition coefficient (Wildman–Crippen LogP) is 2.47. The Morgan fingerprint density at radius 2 is 1.52 bits per heavy atom. The van der Waals surface area contributed by atoms with Crippen LogP contribution < -0.4 is 5.32 Å². The number of carbonyl (C=O) groups is 2. The first-order valence-electron chi connectivity index (χ1n) is 6.49. The van der Waals surface area contributed by atoms with Crippen LogP contribution in [0.1, 0.15) is 11.1 Å². The molecule has 0 spiro atoms. The van der Waals surface area contributed by atoms with E-state index in [1.54, 1.807) is 30.3 Å². The van der Waals surface area contributed by atoms with Crippen LogP contribution in [-0.4, -0.2) is 16.8 Å². The molecule has 21 heavy (non-hydrogen) atoms. The third kappa shape index (κ3) is 4.31. The van der Waals surface area contributed by atoms with E-state index in [1.807, 2.05) is 30.3 Å².